The van der Waals surface area contributed by atoms with Crippen molar-refractivity contribution in [2.75, 3.05) is 26.0 Å². The topological polar surface area (TPSA) is 146 Å². The largest absolute Gasteiger partial charge is 0.416 e. The van der Waals surface area contributed by atoms with E-state index in [1.54, 1.807) is 0 Å². The smallest absolute Gasteiger partial charge is 0.380 e. The summed E-state index contributed by atoms with van der Waals surface area (Å²) in [6.07, 6.45) is -7.88. The number of amides is 3. The van der Waals surface area contributed by atoms with Crippen molar-refractivity contribution in [3.05, 3.63) is 69.1 Å². The first-order chi connectivity index (χ1) is 19.3. The average molecular weight is 640 g/mol. The number of carbonyl (C=O) groups is 3. The second-order valence-corrected chi connectivity index (χ2v) is 11.8. The van der Waals surface area contributed by atoms with Crippen molar-refractivity contribution in [3.63, 3.8) is 0 Å². The molecule has 5 N–H and O–H groups in total. The average Bonchev–Trinajstić information content (AvgIpc) is 3.13. The highest BCUT2D eigenvalue weighted by molar-refractivity contribution is 8.21. The molecular weight excluding hydrogens is 616 g/mol. The van der Waals surface area contributed by atoms with Crippen LogP contribution in [0.15, 0.2) is 41.3 Å². The number of halogens is 6. The van der Waals surface area contributed by atoms with Gasteiger partial charge in [0.05, 0.1) is 16.0 Å². The molecule has 0 radical (unpaired) electrons. The van der Waals surface area contributed by atoms with Gasteiger partial charge in [0.1, 0.15) is 6.54 Å². The Hall–Kier alpha value is -3.58. The second kappa shape index (κ2) is 12.3. The number of hydrogen-bond acceptors (Lipinski definition) is 9. The summed E-state index contributed by atoms with van der Waals surface area (Å²) in [4.78, 5) is 37.7. The molecule has 1 aliphatic heterocycles. The maximum Gasteiger partial charge on any atom is 0.416 e. The molecule has 1 heterocycles. The standard InChI is InChI=1S/C24H23F6N5O5S2/c1-34(2)42(39,40)33-20(36)12-35-21(37)19(41-22(35)38)8-13-3-6-18(15(7-13)10-31)32-11-14-4-5-16(23(25,26)27)9-17(14)24(28,29)30/h3-10,31-32,39-40H,11-12H2,1-2H3,(H,33,36). The maximum atomic E-state index is 13.5. The highest BCUT2D eigenvalue weighted by atomic mass is 32.3. The Morgan fingerprint density at radius 3 is 2.31 bits per heavy atom. The first kappa shape index (κ1) is 32.9. The molecule has 0 bridgehead atoms. The SMILES string of the molecule is CN(C)S(O)(O)NC(=O)CN1C(=O)SC(=Cc2ccc(NCc3ccc(C(F)(F)F)cc3C(F)(F)F)c(C=N)c2)C1=O. The van der Waals surface area contributed by atoms with E-state index in [0.717, 1.165) is 16.6 Å². The van der Waals surface area contributed by atoms with Crippen LogP contribution in [0.5, 0.6) is 0 Å². The molecule has 3 rings (SSSR count). The summed E-state index contributed by atoms with van der Waals surface area (Å²) >= 11 is 0.505. The van der Waals surface area contributed by atoms with E-state index in [1.807, 2.05) is 4.72 Å². The molecule has 0 spiro atoms. The predicted octanol–water partition coefficient (Wildman–Crippen LogP) is 5.63. The third-order valence-corrected chi connectivity index (χ3v) is 8.10. The lowest BCUT2D eigenvalue weighted by Gasteiger charge is -2.38. The molecular formula is C24H23F6N5O5S2. The van der Waals surface area contributed by atoms with Crippen LogP contribution in [0.25, 0.3) is 6.08 Å². The summed E-state index contributed by atoms with van der Waals surface area (Å²) in [7, 11) is -1.08. The van der Waals surface area contributed by atoms with Crippen LogP contribution >= 0.6 is 22.7 Å². The van der Waals surface area contributed by atoms with Gasteiger partial charge in [-0.25, -0.2) is 4.72 Å². The van der Waals surface area contributed by atoms with Crippen LogP contribution in [0, 0.1) is 5.41 Å². The summed E-state index contributed by atoms with van der Waals surface area (Å²) in [6.45, 7) is -1.31. The van der Waals surface area contributed by atoms with E-state index in [-0.39, 0.29) is 22.2 Å². The number of hydrogen-bond donors (Lipinski definition) is 5. The summed E-state index contributed by atoms with van der Waals surface area (Å²) in [5.41, 5.74) is -2.75. The lowest BCUT2D eigenvalue weighted by atomic mass is 10.0. The van der Waals surface area contributed by atoms with Crippen LogP contribution in [0.3, 0.4) is 0 Å². The molecule has 1 saturated heterocycles. The monoisotopic (exact) mass is 639 g/mol. The lowest BCUT2D eigenvalue weighted by molar-refractivity contribution is -0.143. The molecule has 2 aromatic carbocycles. The minimum atomic E-state index is -5.05. The fourth-order valence-electron chi connectivity index (χ4n) is 3.52. The maximum absolute atomic E-state index is 13.5. The van der Waals surface area contributed by atoms with Gasteiger partial charge in [0, 0.05) is 38.1 Å². The zero-order valence-corrected chi connectivity index (χ0v) is 23.3. The van der Waals surface area contributed by atoms with E-state index in [0.29, 0.717) is 28.3 Å². The first-order valence-electron chi connectivity index (χ1n) is 11.5. The summed E-state index contributed by atoms with van der Waals surface area (Å²) in [6, 6.07) is 5.45. The molecule has 2 aromatic rings. The molecule has 1 aliphatic rings. The Kier molecular flexibility index (Phi) is 9.68. The van der Waals surface area contributed by atoms with Crippen molar-refractivity contribution in [2.24, 2.45) is 0 Å². The highest BCUT2D eigenvalue weighted by Gasteiger charge is 2.39. The van der Waals surface area contributed by atoms with Gasteiger partial charge in [0.15, 0.2) is 0 Å². The highest BCUT2D eigenvalue weighted by Crippen LogP contribution is 2.38. The van der Waals surface area contributed by atoms with Gasteiger partial charge in [-0.05, 0) is 53.2 Å². The zero-order chi connectivity index (χ0) is 31.6. The Morgan fingerprint density at radius 2 is 1.74 bits per heavy atom. The third-order valence-electron chi connectivity index (χ3n) is 5.68. The van der Waals surface area contributed by atoms with Crippen LogP contribution in [0.2, 0.25) is 0 Å². The van der Waals surface area contributed by atoms with Gasteiger partial charge in [-0.2, -0.15) is 30.6 Å². The van der Waals surface area contributed by atoms with E-state index < -0.39 is 70.1 Å². The summed E-state index contributed by atoms with van der Waals surface area (Å²) in [5.74, 6) is -1.85. The number of benzene rings is 2. The van der Waals surface area contributed by atoms with Crippen molar-refractivity contribution in [2.45, 2.75) is 18.9 Å². The minimum absolute atomic E-state index is 0.0295. The van der Waals surface area contributed by atoms with Gasteiger partial charge in [0.25, 0.3) is 17.1 Å². The third kappa shape index (κ3) is 7.82. The molecule has 10 nitrogen and oxygen atoms in total. The molecule has 18 heteroatoms. The number of nitrogens with zero attached hydrogens (tertiary/aromatic N) is 2. The number of thioether (sulfide) groups is 1. The van der Waals surface area contributed by atoms with Crippen molar-refractivity contribution in [3.8, 4) is 0 Å². The van der Waals surface area contributed by atoms with Gasteiger partial charge in [0.2, 0.25) is 0 Å². The molecule has 0 atom stereocenters. The Morgan fingerprint density at radius 1 is 1.07 bits per heavy atom. The van der Waals surface area contributed by atoms with Crippen molar-refractivity contribution < 1.29 is 49.8 Å². The van der Waals surface area contributed by atoms with Crippen molar-refractivity contribution in [1.29, 1.82) is 5.41 Å². The van der Waals surface area contributed by atoms with Gasteiger partial charge < -0.3 is 10.7 Å². The van der Waals surface area contributed by atoms with Gasteiger partial charge >= 0.3 is 12.4 Å². The van der Waals surface area contributed by atoms with Crippen LogP contribution in [0.4, 0.5) is 36.8 Å². The van der Waals surface area contributed by atoms with Crippen LogP contribution in [0.1, 0.15) is 27.8 Å². The number of imide groups is 1. The summed E-state index contributed by atoms with van der Waals surface area (Å²) in [5, 5.41) is 9.53. The zero-order valence-electron chi connectivity index (χ0n) is 21.6. The first-order valence-corrected chi connectivity index (χ1v) is 13.8. The lowest BCUT2D eigenvalue weighted by Crippen LogP contribution is -2.43. The number of carbonyl (C=O) groups excluding carboxylic acids is 3. The van der Waals surface area contributed by atoms with Crippen LogP contribution in [-0.2, 0) is 28.5 Å². The number of alkyl halides is 6. The number of anilines is 1. The molecule has 1 fully saturated rings. The van der Waals surface area contributed by atoms with Crippen LogP contribution < -0.4 is 10.0 Å². The predicted molar refractivity (Wildman–Crippen MR) is 145 cm³/mol. The molecule has 0 unspecified atom stereocenters. The van der Waals surface area contributed by atoms with Gasteiger partial charge in [-0.15, -0.1) is 0 Å². The number of nitrogens with one attached hydrogen (secondary N) is 3. The van der Waals surface area contributed by atoms with E-state index >= 15 is 0 Å². The number of rotatable bonds is 9. The molecule has 0 aliphatic carbocycles. The fraction of sp³-hybridized carbons (Fsp3) is 0.250. The van der Waals surface area contributed by atoms with Gasteiger partial charge in [-0.3, -0.25) is 28.4 Å². The quantitative estimate of drug-likeness (QED) is 0.135. The van der Waals surface area contributed by atoms with Crippen molar-refractivity contribution in [1.82, 2.24) is 13.9 Å². The van der Waals surface area contributed by atoms with Gasteiger partial charge in [-0.1, -0.05) is 23.1 Å². The minimum Gasteiger partial charge on any atom is -0.380 e. The molecule has 228 valence electrons. The Balaban J connectivity index is 1.77. The molecule has 0 saturated carbocycles. The molecule has 0 aromatic heterocycles. The molecule has 42 heavy (non-hydrogen) atoms. The second-order valence-electron chi connectivity index (χ2n) is 8.84. The Bertz CT molecular complexity index is 1450. The van der Waals surface area contributed by atoms with Crippen molar-refractivity contribution >= 4 is 57.8 Å². The summed E-state index contributed by atoms with van der Waals surface area (Å²) < 4.78 is 102. The normalized spacial score (nSPS) is 15.9. The van der Waals surface area contributed by atoms with E-state index in [9.17, 15) is 49.8 Å². The van der Waals surface area contributed by atoms with Crippen LogP contribution in [-0.4, -0.2) is 62.2 Å². The van der Waals surface area contributed by atoms with E-state index in [4.69, 9.17) is 5.41 Å². The van der Waals surface area contributed by atoms with E-state index in [1.165, 1.54) is 38.4 Å². The fourth-order valence-corrected chi connectivity index (χ4v) is 4.91. The Labute approximate surface area is 240 Å². The molecule has 3 amide bonds. The van der Waals surface area contributed by atoms with E-state index in [2.05, 4.69) is 5.32 Å².